The van der Waals surface area contributed by atoms with Crippen LogP contribution in [0.15, 0.2) is 24.3 Å². The van der Waals surface area contributed by atoms with Crippen molar-refractivity contribution >= 4 is 32.4 Å². The number of nitrogens with one attached hydrogen (secondary N) is 2. The summed E-state index contributed by atoms with van der Waals surface area (Å²) in [7, 11) is -3.95. The van der Waals surface area contributed by atoms with Crippen molar-refractivity contribution in [2.45, 2.75) is 37.6 Å². The minimum absolute atomic E-state index is 0.150. The molecule has 2 rings (SSSR count). The molecule has 0 aliphatic heterocycles. The fraction of sp³-hybridized carbons (Fsp3) is 0.471. The summed E-state index contributed by atoms with van der Waals surface area (Å²) in [5, 5.41) is -1.71. The van der Waals surface area contributed by atoms with E-state index in [0.29, 0.717) is 12.1 Å². The van der Waals surface area contributed by atoms with Crippen molar-refractivity contribution in [2.24, 2.45) is 0 Å². The summed E-state index contributed by atoms with van der Waals surface area (Å²) >= 11 is 0. The lowest BCUT2D eigenvalue weighted by atomic mass is 10.1. The molecule has 0 bridgehead atoms. The second-order valence-electron chi connectivity index (χ2n) is 7.16. The van der Waals surface area contributed by atoms with Gasteiger partial charge >= 0.3 is 18.5 Å². The number of aromatic nitrogens is 1. The van der Waals surface area contributed by atoms with Gasteiger partial charge in [0, 0.05) is 11.1 Å². The molecule has 0 unspecified atom stereocenters. The predicted molar refractivity (Wildman–Crippen MR) is 102 cm³/mol. The second-order valence-corrected chi connectivity index (χ2v) is 9.40. The Labute approximate surface area is 181 Å². The molecule has 1 aromatic carbocycles. The first-order valence-electron chi connectivity index (χ1n) is 8.95. The summed E-state index contributed by atoms with van der Waals surface area (Å²) in [6, 6.07) is 2.47. The van der Waals surface area contributed by atoms with Gasteiger partial charge in [0.05, 0.1) is 16.3 Å². The van der Waals surface area contributed by atoms with Crippen molar-refractivity contribution < 1.29 is 47.9 Å². The van der Waals surface area contributed by atoms with Crippen molar-refractivity contribution in [2.75, 3.05) is 23.4 Å². The first-order chi connectivity index (χ1) is 14.8. The SMILES string of the molecule is CC(C)S(=O)(=O)NNc1cc(C(F)(F)F)c2cc(N(CC(F)(F)F)CC(F)(F)F)ccc2n1. The van der Waals surface area contributed by atoms with Gasteiger partial charge in [0.25, 0.3) is 0 Å². The number of anilines is 2. The van der Waals surface area contributed by atoms with E-state index < -0.39 is 74.9 Å². The highest BCUT2D eigenvalue weighted by Gasteiger charge is 2.38. The van der Waals surface area contributed by atoms with E-state index in [1.165, 1.54) is 13.8 Å². The third-order valence-electron chi connectivity index (χ3n) is 4.15. The summed E-state index contributed by atoms with van der Waals surface area (Å²) < 4.78 is 141. The number of hydrogen-bond donors (Lipinski definition) is 2. The van der Waals surface area contributed by atoms with Crippen molar-refractivity contribution in [1.82, 2.24) is 9.82 Å². The number of nitrogens with zero attached hydrogens (tertiary/aromatic N) is 2. The van der Waals surface area contributed by atoms with Gasteiger partial charge in [-0.3, -0.25) is 5.43 Å². The molecular formula is C17H17F9N4O2S. The molecule has 0 amide bonds. The number of fused-ring (bicyclic) bond motifs is 1. The molecule has 0 aliphatic carbocycles. The average Bonchev–Trinajstić information content (AvgIpc) is 2.61. The standard InChI is InChI=1S/C17H17F9N4O2S/c1-9(2)33(31,32)29-28-14-6-12(17(24,25)26)11-5-10(3-4-13(11)27-14)30(7-15(18,19)20)8-16(21,22)23/h3-6,9,29H,7-8H2,1-2H3,(H,27,28). The quantitative estimate of drug-likeness (QED) is 0.411. The maximum absolute atomic E-state index is 13.6. The van der Waals surface area contributed by atoms with Crippen molar-refractivity contribution in [1.29, 1.82) is 0 Å². The Bertz CT molecular complexity index is 1080. The minimum Gasteiger partial charge on any atom is -0.353 e. The Morgan fingerprint density at radius 3 is 1.94 bits per heavy atom. The molecule has 0 aliphatic rings. The molecule has 33 heavy (non-hydrogen) atoms. The Morgan fingerprint density at radius 2 is 1.48 bits per heavy atom. The molecule has 0 spiro atoms. The number of hydrogen-bond acceptors (Lipinski definition) is 5. The van der Waals surface area contributed by atoms with Crippen LogP contribution in [0.3, 0.4) is 0 Å². The highest BCUT2D eigenvalue weighted by atomic mass is 32.2. The van der Waals surface area contributed by atoms with Crippen molar-refractivity contribution in [3.8, 4) is 0 Å². The first kappa shape index (κ1) is 26.8. The molecule has 0 saturated heterocycles. The molecule has 6 nitrogen and oxygen atoms in total. The van der Waals surface area contributed by atoms with E-state index in [1.54, 1.807) is 0 Å². The van der Waals surface area contributed by atoms with Crippen LogP contribution in [0.4, 0.5) is 51.0 Å². The predicted octanol–water partition coefficient (Wildman–Crippen LogP) is 4.84. The molecule has 2 N–H and O–H groups in total. The molecule has 0 fully saturated rings. The van der Waals surface area contributed by atoms with Crippen LogP contribution in [0.2, 0.25) is 0 Å². The fourth-order valence-electron chi connectivity index (χ4n) is 2.62. The summed E-state index contributed by atoms with van der Waals surface area (Å²) in [5.41, 5.74) is -0.636. The van der Waals surface area contributed by atoms with E-state index >= 15 is 0 Å². The van der Waals surface area contributed by atoms with Gasteiger partial charge < -0.3 is 4.90 Å². The van der Waals surface area contributed by atoms with Crippen molar-refractivity contribution in [3.05, 3.63) is 29.8 Å². The lowest BCUT2D eigenvalue weighted by molar-refractivity contribution is -0.138. The highest BCUT2D eigenvalue weighted by Crippen LogP contribution is 2.38. The lowest BCUT2D eigenvalue weighted by Gasteiger charge is -2.27. The van der Waals surface area contributed by atoms with Crippen molar-refractivity contribution in [3.63, 3.8) is 0 Å². The maximum atomic E-state index is 13.6. The van der Waals surface area contributed by atoms with Crippen LogP contribution in [0.5, 0.6) is 0 Å². The minimum atomic E-state index is -5.09. The molecule has 2 aromatic rings. The van der Waals surface area contributed by atoms with Crippen LogP contribution in [-0.4, -0.2) is 44.1 Å². The van der Waals surface area contributed by atoms with Gasteiger partial charge in [-0.25, -0.2) is 13.4 Å². The van der Waals surface area contributed by atoms with Gasteiger partial charge in [-0.15, -0.1) is 4.83 Å². The van der Waals surface area contributed by atoms with Crippen LogP contribution >= 0.6 is 0 Å². The summed E-state index contributed by atoms with van der Waals surface area (Å²) in [4.78, 5) is 5.44. The van der Waals surface area contributed by atoms with E-state index in [9.17, 15) is 47.9 Å². The monoisotopic (exact) mass is 512 g/mol. The van der Waals surface area contributed by atoms with Gasteiger partial charge in [-0.1, -0.05) is 0 Å². The van der Waals surface area contributed by atoms with Gasteiger partial charge in [0.1, 0.15) is 18.9 Å². The Hall–Kier alpha value is -2.49. The topological polar surface area (TPSA) is 74.3 Å². The molecule has 0 radical (unpaired) electrons. The number of pyridine rings is 1. The Kier molecular flexibility index (Phi) is 7.33. The van der Waals surface area contributed by atoms with Crippen LogP contribution in [0.1, 0.15) is 19.4 Å². The molecular weight excluding hydrogens is 495 g/mol. The summed E-state index contributed by atoms with van der Waals surface area (Å²) in [6.45, 7) is -1.50. The zero-order valence-electron chi connectivity index (χ0n) is 16.8. The lowest BCUT2D eigenvalue weighted by Crippen LogP contribution is -2.40. The zero-order chi connectivity index (χ0) is 25.4. The molecule has 0 atom stereocenters. The molecule has 16 heteroatoms. The number of halogens is 9. The van der Waals surface area contributed by atoms with E-state index in [-0.39, 0.29) is 4.90 Å². The molecule has 1 heterocycles. The Balaban J connectivity index is 2.58. The second kappa shape index (κ2) is 9.04. The van der Waals surface area contributed by atoms with E-state index in [4.69, 9.17) is 0 Å². The largest absolute Gasteiger partial charge is 0.417 e. The number of benzene rings is 1. The van der Waals surface area contributed by atoms with Crippen LogP contribution < -0.4 is 15.2 Å². The summed E-state index contributed by atoms with van der Waals surface area (Å²) in [5.74, 6) is -0.589. The summed E-state index contributed by atoms with van der Waals surface area (Å²) in [6.07, 6.45) is -15.2. The fourth-order valence-corrected chi connectivity index (χ4v) is 3.10. The average molecular weight is 512 g/mol. The Morgan fingerprint density at radius 1 is 0.939 bits per heavy atom. The third-order valence-corrected chi connectivity index (χ3v) is 5.77. The first-order valence-corrected chi connectivity index (χ1v) is 10.5. The smallest absolute Gasteiger partial charge is 0.353 e. The van der Waals surface area contributed by atoms with Gasteiger partial charge in [0.15, 0.2) is 0 Å². The number of rotatable bonds is 7. The van der Waals surface area contributed by atoms with Gasteiger partial charge in [0.2, 0.25) is 10.0 Å². The number of sulfonamides is 1. The normalized spacial score (nSPS) is 13.6. The van der Waals surface area contributed by atoms with E-state index in [2.05, 4.69) is 4.98 Å². The van der Waals surface area contributed by atoms with Gasteiger partial charge in [-0.2, -0.15) is 39.5 Å². The third kappa shape index (κ3) is 7.52. The molecule has 0 saturated carbocycles. The van der Waals surface area contributed by atoms with Crippen LogP contribution in [0.25, 0.3) is 10.9 Å². The number of hydrazine groups is 1. The van der Waals surface area contributed by atoms with Crippen LogP contribution in [0, 0.1) is 0 Å². The zero-order valence-corrected chi connectivity index (χ0v) is 17.6. The number of alkyl halides is 9. The molecule has 186 valence electrons. The molecule has 1 aromatic heterocycles. The van der Waals surface area contributed by atoms with E-state index in [1.807, 2.05) is 10.3 Å². The highest BCUT2D eigenvalue weighted by molar-refractivity contribution is 7.90. The maximum Gasteiger partial charge on any atom is 0.417 e. The van der Waals surface area contributed by atoms with Gasteiger partial charge in [-0.05, 0) is 38.1 Å². The van der Waals surface area contributed by atoms with Crippen LogP contribution in [-0.2, 0) is 16.2 Å². The van der Waals surface area contributed by atoms with E-state index in [0.717, 1.165) is 12.1 Å².